The minimum Gasteiger partial charge on any atom is -0.481 e. The summed E-state index contributed by atoms with van der Waals surface area (Å²) in [6.45, 7) is 0. The maximum atomic E-state index is 13.1. The van der Waals surface area contributed by atoms with Gasteiger partial charge in [0.25, 0.3) is 0 Å². The summed E-state index contributed by atoms with van der Waals surface area (Å²) in [6, 6.07) is 11.5. The maximum Gasteiger partial charge on any atom is 0.305 e. The van der Waals surface area contributed by atoms with Crippen LogP contribution in [0.5, 0.6) is 0 Å². The molecule has 0 aliphatic carbocycles. The highest BCUT2D eigenvalue weighted by atomic mass is 19.1. The molecule has 7 heteroatoms. The zero-order valence-electron chi connectivity index (χ0n) is 13.7. The van der Waals surface area contributed by atoms with Gasteiger partial charge < -0.3 is 15.7 Å². The number of hydrogen-bond donors (Lipinski definition) is 3. The zero-order valence-corrected chi connectivity index (χ0v) is 13.7. The van der Waals surface area contributed by atoms with Crippen molar-refractivity contribution in [2.24, 2.45) is 0 Å². The summed E-state index contributed by atoms with van der Waals surface area (Å²) >= 11 is 0. The third-order valence-electron chi connectivity index (χ3n) is 4.28. The van der Waals surface area contributed by atoms with E-state index >= 15 is 0 Å². The van der Waals surface area contributed by atoms with Crippen LogP contribution in [0.15, 0.2) is 48.5 Å². The summed E-state index contributed by atoms with van der Waals surface area (Å²) in [5.41, 5.74) is 1.73. The fraction of sp³-hybridized carbons (Fsp3) is 0.211. The van der Waals surface area contributed by atoms with E-state index in [1.807, 2.05) is 0 Å². The van der Waals surface area contributed by atoms with Crippen molar-refractivity contribution in [1.29, 1.82) is 0 Å². The Balaban J connectivity index is 1.85. The number of benzene rings is 2. The predicted octanol–water partition coefficient (Wildman–Crippen LogP) is 2.58. The summed E-state index contributed by atoms with van der Waals surface area (Å²) in [6.07, 6.45) is -0.371. The molecule has 1 aliphatic rings. The molecule has 2 amide bonds. The fourth-order valence-corrected chi connectivity index (χ4v) is 3.04. The number of amides is 2. The van der Waals surface area contributed by atoms with Crippen LogP contribution in [-0.2, 0) is 14.4 Å². The molecule has 1 heterocycles. The molecule has 0 aromatic heterocycles. The molecule has 3 rings (SSSR count). The van der Waals surface area contributed by atoms with E-state index < -0.39 is 29.7 Å². The molecule has 0 fully saturated rings. The lowest BCUT2D eigenvalue weighted by Crippen LogP contribution is -2.37. The van der Waals surface area contributed by atoms with E-state index in [-0.39, 0.29) is 18.7 Å². The molecule has 0 saturated carbocycles. The van der Waals surface area contributed by atoms with Gasteiger partial charge in [0.2, 0.25) is 11.8 Å². The molecule has 0 unspecified atom stereocenters. The number of nitrogens with one attached hydrogen (secondary N) is 2. The molecule has 2 aromatic rings. The second-order valence-electron chi connectivity index (χ2n) is 6.10. The van der Waals surface area contributed by atoms with E-state index in [2.05, 4.69) is 10.6 Å². The van der Waals surface area contributed by atoms with E-state index in [0.29, 0.717) is 16.8 Å². The van der Waals surface area contributed by atoms with Crippen LogP contribution in [0.25, 0.3) is 0 Å². The van der Waals surface area contributed by atoms with Gasteiger partial charge in [-0.2, -0.15) is 0 Å². The number of para-hydroxylation sites is 1. The Morgan fingerprint density at radius 3 is 2.58 bits per heavy atom. The lowest BCUT2D eigenvalue weighted by molar-refractivity contribution is -0.138. The van der Waals surface area contributed by atoms with Crippen LogP contribution < -0.4 is 10.6 Å². The van der Waals surface area contributed by atoms with Crippen LogP contribution >= 0.6 is 0 Å². The number of carboxylic acids is 1. The number of aliphatic carboxylic acids is 1. The molecule has 2 atom stereocenters. The fourth-order valence-electron chi connectivity index (χ4n) is 3.04. The van der Waals surface area contributed by atoms with Crippen molar-refractivity contribution >= 4 is 23.5 Å². The second-order valence-corrected chi connectivity index (χ2v) is 6.10. The van der Waals surface area contributed by atoms with Gasteiger partial charge >= 0.3 is 5.97 Å². The highest BCUT2D eigenvalue weighted by molar-refractivity contribution is 6.01. The lowest BCUT2D eigenvalue weighted by atomic mass is 9.89. The van der Waals surface area contributed by atoms with Gasteiger partial charge in [0.05, 0.1) is 18.4 Å². The van der Waals surface area contributed by atoms with Gasteiger partial charge in [0.15, 0.2) is 0 Å². The number of carboxylic acid groups (broad SMARTS) is 1. The van der Waals surface area contributed by atoms with E-state index in [4.69, 9.17) is 5.11 Å². The van der Waals surface area contributed by atoms with Crippen LogP contribution in [0.3, 0.4) is 0 Å². The highest BCUT2D eigenvalue weighted by Crippen LogP contribution is 2.32. The number of anilines is 1. The predicted molar refractivity (Wildman–Crippen MR) is 92.0 cm³/mol. The lowest BCUT2D eigenvalue weighted by Gasteiger charge is -2.27. The Morgan fingerprint density at radius 1 is 1.19 bits per heavy atom. The summed E-state index contributed by atoms with van der Waals surface area (Å²) in [4.78, 5) is 35.8. The highest BCUT2D eigenvalue weighted by Gasteiger charge is 2.32. The van der Waals surface area contributed by atoms with Crippen molar-refractivity contribution in [2.75, 3.05) is 5.32 Å². The van der Waals surface area contributed by atoms with Crippen molar-refractivity contribution in [3.05, 3.63) is 65.5 Å². The topological polar surface area (TPSA) is 95.5 Å². The van der Waals surface area contributed by atoms with Crippen molar-refractivity contribution in [3.8, 4) is 0 Å². The average Bonchev–Trinajstić information content (AvgIpc) is 2.60. The molecule has 2 aromatic carbocycles. The van der Waals surface area contributed by atoms with Gasteiger partial charge in [0.1, 0.15) is 5.82 Å². The Bertz CT molecular complexity index is 851. The largest absolute Gasteiger partial charge is 0.481 e. The first-order valence-corrected chi connectivity index (χ1v) is 8.10. The third-order valence-corrected chi connectivity index (χ3v) is 4.28. The normalized spacial score (nSPS) is 17.0. The molecule has 0 saturated heterocycles. The SMILES string of the molecule is O=C(O)C[C@@H](NC(=O)[C@H]1CC(=O)Nc2ccccc21)c1ccc(F)cc1. The van der Waals surface area contributed by atoms with E-state index in [0.717, 1.165) is 0 Å². The van der Waals surface area contributed by atoms with Gasteiger partial charge in [-0.15, -0.1) is 0 Å². The van der Waals surface area contributed by atoms with Crippen LogP contribution in [0, 0.1) is 5.82 Å². The molecular weight excluding hydrogens is 339 g/mol. The minimum atomic E-state index is -1.10. The third kappa shape index (κ3) is 3.88. The average molecular weight is 356 g/mol. The number of hydrogen-bond acceptors (Lipinski definition) is 3. The van der Waals surface area contributed by atoms with Crippen LogP contribution in [-0.4, -0.2) is 22.9 Å². The Labute approximate surface area is 149 Å². The maximum absolute atomic E-state index is 13.1. The van der Waals surface area contributed by atoms with Gasteiger partial charge in [-0.25, -0.2) is 4.39 Å². The van der Waals surface area contributed by atoms with Crippen molar-refractivity contribution in [3.63, 3.8) is 0 Å². The summed E-state index contributed by atoms with van der Waals surface area (Å²) in [5.74, 6) is -2.98. The van der Waals surface area contributed by atoms with Crippen LogP contribution in [0.2, 0.25) is 0 Å². The molecule has 6 nitrogen and oxygen atoms in total. The second kappa shape index (κ2) is 7.35. The van der Waals surface area contributed by atoms with Gasteiger partial charge in [-0.1, -0.05) is 30.3 Å². The van der Waals surface area contributed by atoms with Crippen LogP contribution in [0.1, 0.15) is 35.9 Å². The Hall–Kier alpha value is -3.22. The van der Waals surface area contributed by atoms with E-state index in [9.17, 15) is 18.8 Å². The summed E-state index contributed by atoms with van der Waals surface area (Å²) in [5, 5.41) is 14.5. The Kier molecular flexibility index (Phi) is 4.97. The summed E-state index contributed by atoms with van der Waals surface area (Å²) < 4.78 is 13.1. The molecule has 0 spiro atoms. The number of rotatable bonds is 5. The monoisotopic (exact) mass is 356 g/mol. The molecule has 26 heavy (non-hydrogen) atoms. The smallest absolute Gasteiger partial charge is 0.305 e. The first-order chi connectivity index (χ1) is 12.4. The number of carbonyl (C=O) groups excluding carboxylic acids is 2. The van der Waals surface area contributed by atoms with Crippen molar-refractivity contribution < 1.29 is 23.9 Å². The molecule has 3 N–H and O–H groups in total. The minimum absolute atomic E-state index is 0.0218. The summed E-state index contributed by atoms with van der Waals surface area (Å²) in [7, 11) is 0. The van der Waals surface area contributed by atoms with Crippen molar-refractivity contribution in [1.82, 2.24) is 5.32 Å². The van der Waals surface area contributed by atoms with Crippen molar-refractivity contribution in [2.45, 2.75) is 24.8 Å². The van der Waals surface area contributed by atoms with E-state index in [1.165, 1.54) is 24.3 Å². The molecule has 0 bridgehead atoms. The molecule has 0 radical (unpaired) electrons. The number of fused-ring (bicyclic) bond motifs is 1. The van der Waals surface area contributed by atoms with E-state index in [1.54, 1.807) is 24.3 Å². The Morgan fingerprint density at radius 2 is 1.88 bits per heavy atom. The van der Waals surface area contributed by atoms with Crippen LogP contribution in [0.4, 0.5) is 10.1 Å². The number of carbonyl (C=O) groups is 3. The van der Waals surface area contributed by atoms with Gasteiger partial charge in [-0.05, 0) is 29.3 Å². The first-order valence-electron chi connectivity index (χ1n) is 8.10. The zero-order chi connectivity index (χ0) is 18.7. The van der Waals surface area contributed by atoms with Gasteiger partial charge in [-0.3, -0.25) is 14.4 Å². The quantitative estimate of drug-likeness (QED) is 0.767. The molecular formula is C19H17FN2O4. The number of halogens is 1. The molecule has 134 valence electrons. The van der Waals surface area contributed by atoms with Gasteiger partial charge in [0, 0.05) is 12.1 Å². The molecule has 1 aliphatic heterocycles. The standard InChI is InChI=1S/C19H17FN2O4/c20-12-7-5-11(6-8-12)16(10-18(24)25)22-19(26)14-9-17(23)21-15-4-2-1-3-13(14)15/h1-8,14,16H,9-10H2,(H,21,23)(H,22,26)(H,24,25)/t14-,16+/m0/s1. The first kappa shape index (κ1) is 17.6.